The number of carbonyl (C=O) groups excluding carboxylic acids is 5. The Balaban J connectivity index is 0.00000125. The molecule has 10 N–H and O–H groups in total. The standard InChI is InChI=1S/C28H35N3O6.C17H24N2O6.C11H13NO.C6H15N.C2H3N/c1-26(2,3)36-24(33)30-21-15-19(16-22(17-21)31-25(34)37-27(4,5)6)23(32)29-20-11-9-10-18(14-20)12-13-28(7,8)35;1-16(2,3)24-14(22)18-11-7-10(13(20)21)8-12(9-11)19-15(23)25-17(4,5)6;1-11(2,13)7-6-9-4-3-5-10(12)8-9;1-4-7(5-2)6-3;1-2-3/h9-11,14-17,35H,1-8H3,(H,29,32)(H,30,33)(H,31,34);7-9H,1-6H3,(H,18,22)(H,19,23)(H,20,21);3-5,8,13H,12H2,1-2H3;4-6H2,1-3H3;1H3. The van der Waals surface area contributed by atoms with Crippen LogP contribution in [-0.2, 0) is 18.9 Å². The van der Waals surface area contributed by atoms with Gasteiger partial charge in [0, 0.05) is 57.7 Å². The number of hydrogen-bond donors (Lipinski definition) is 9. The highest BCUT2D eigenvalue weighted by Gasteiger charge is 2.22. The van der Waals surface area contributed by atoms with Crippen molar-refractivity contribution in [1.29, 1.82) is 5.26 Å². The van der Waals surface area contributed by atoms with Crippen molar-refractivity contribution in [2.75, 3.05) is 52.0 Å². The number of benzene rings is 4. The second kappa shape index (κ2) is 34.7. The highest BCUT2D eigenvalue weighted by Crippen LogP contribution is 2.25. The maximum Gasteiger partial charge on any atom is 0.412 e. The van der Waals surface area contributed by atoms with E-state index < -0.39 is 69.9 Å². The summed E-state index contributed by atoms with van der Waals surface area (Å²) in [5.74, 6) is 9.44. The molecule has 4 aromatic rings. The van der Waals surface area contributed by atoms with E-state index in [1.165, 1.54) is 63.0 Å². The van der Waals surface area contributed by atoms with Gasteiger partial charge in [-0.05, 0) is 203 Å². The molecule has 0 aliphatic heterocycles. The zero-order chi connectivity index (χ0) is 65.7. The lowest BCUT2D eigenvalue weighted by Crippen LogP contribution is -2.28. The maximum atomic E-state index is 13.1. The maximum absolute atomic E-state index is 13.1. The quantitative estimate of drug-likeness (QED) is 0.0405. The van der Waals surface area contributed by atoms with Crippen molar-refractivity contribution in [2.24, 2.45) is 0 Å². The lowest BCUT2D eigenvalue weighted by Gasteiger charge is -2.21. The summed E-state index contributed by atoms with van der Waals surface area (Å²) in [6, 6.07) is 24.2. The van der Waals surface area contributed by atoms with E-state index in [2.05, 4.69) is 75.9 Å². The smallest absolute Gasteiger partial charge is 0.412 e. The summed E-state index contributed by atoms with van der Waals surface area (Å²) in [7, 11) is 0. The Bertz CT molecular complexity index is 2930. The van der Waals surface area contributed by atoms with Crippen LogP contribution in [0.15, 0.2) is 84.9 Å². The average Bonchev–Trinajstić information content (AvgIpc) is 3.45. The first-order valence-electron chi connectivity index (χ1n) is 27.2. The van der Waals surface area contributed by atoms with Crippen molar-refractivity contribution in [1.82, 2.24) is 4.90 Å². The van der Waals surface area contributed by atoms with Crippen molar-refractivity contribution < 1.29 is 63.0 Å². The number of nitrogens with zero attached hydrogens (tertiary/aromatic N) is 2. The van der Waals surface area contributed by atoms with Gasteiger partial charge in [-0.2, -0.15) is 5.26 Å². The second-order valence-corrected chi connectivity index (χ2v) is 23.5. The largest absolute Gasteiger partial charge is 0.478 e. The molecule has 0 aromatic heterocycles. The third-order valence-electron chi connectivity index (χ3n) is 9.33. The molecular weight excluding hydrogens is 1090 g/mol. The van der Waals surface area contributed by atoms with Crippen LogP contribution in [0, 0.1) is 35.0 Å². The number of aliphatic hydroxyl groups is 2. The molecule has 0 aliphatic carbocycles. The summed E-state index contributed by atoms with van der Waals surface area (Å²) in [5, 5.41) is 48.5. The van der Waals surface area contributed by atoms with Crippen LogP contribution in [-0.4, -0.2) is 110 Å². The number of nitrogens with one attached hydrogen (secondary N) is 5. The van der Waals surface area contributed by atoms with Crippen LogP contribution in [0.3, 0.4) is 0 Å². The van der Waals surface area contributed by atoms with E-state index in [-0.39, 0.29) is 33.9 Å². The third kappa shape index (κ3) is 39.3. The Labute approximate surface area is 502 Å². The summed E-state index contributed by atoms with van der Waals surface area (Å²) >= 11 is 0. The van der Waals surface area contributed by atoms with Gasteiger partial charge in [-0.15, -0.1) is 0 Å². The number of amides is 5. The van der Waals surface area contributed by atoms with E-state index in [1.807, 2.05) is 12.1 Å². The van der Waals surface area contributed by atoms with Crippen molar-refractivity contribution in [2.45, 2.75) is 172 Å². The van der Waals surface area contributed by atoms with Crippen molar-refractivity contribution in [3.8, 4) is 29.8 Å². The minimum Gasteiger partial charge on any atom is -0.478 e. The molecule has 21 heteroatoms. The van der Waals surface area contributed by atoms with E-state index >= 15 is 0 Å². The molecule has 0 unspecified atom stereocenters. The lowest BCUT2D eigenvalue weighted by atomic mass is 10.1. The van der Waals surface area contributed by atoms with Crippen LogP contribution in [0.1, 0.15) is 170 Å². The van der Waals surface area contributed by atoms with Gasteiger partial charge >= 0.3 is 30.3 Å². The molecule has 5 amide bonds. The minimum atomic E-state index is -1.21. The number of nitriles is 1. The van der Waals surface area contributed by atoms with E-state index in [0.29, 0.717) is 16.9 Å². The molecule has 0 spiro atoms. The number of hydrogen-bond acceptors (Lipinski definition) is 15. The van der Waals surface area contributed by atoms with Gasteiger partial charge in [0.05, 0.1) is 11.6 Å². The molecule has 464 valence electrons. The van der Waals surface area contributed by atoms with Gasteiger partial charge in [0.1, 0.15) is 33.6 Å². The fourth-order valence-electron chi connectivity index (χ4n) is 6.10. The van der Waals surface area contributed by atoms with E-state index in [9.17, 15) is 44.1 Å². The fourth-order valence-corrected chi connectivity index (χ4v) is 6.10. The van der Waals surface area contributed by atoms with E-state index in [4.69, 9.17) is 29.9 Å². The van der Waals surface area contributed by atoms with Crippen LogP contribution in [0.25, 0.3) is 0 Å². The number of carboxylic acid groups (broad SMARTS) is 1. The number of nitrogens with two attached hydrogens (primary N) is 1. The highest BCUT2D eigenvalue weighted by molar-refractivity contribution is 6.06. The van der Waals surface area contributed by atoms with Gasteiger partial charge in [0.2, 0.25) is 0 Å². The molecule has 0 aliphatic rings. The van der Waals surface area contributed by atoms with Crippen molar-refractivity contribution in [3.05, 3.63) is 107 Å². The number of aromatic carboxylic acids is 1. The van der Waals surface area contributed by atoms with E-state index in [1.54, 1.807) is 153 Å². The van der Waals surface area contributed by atoms with Crippen LogP contribution >= 0.6 is 0 Å². The number of rotatable bonds is 10. The fraction of sp³-hybridized carbons (Fsp3) is 0.453. The molecule has 0 heterocycles. The second-order valence-electron chi connectivity index (χ2n) is 23.5. The average molecular weight is 1180 g/mol. The van der Waals surface area contributed by atoms with Gasteiger partial charge in [-0.25, -0.2) is 24.0 Å². The topological polar surface area (TPSA) is 313 Å². The predicted molar refractivity (Wildman–Crippen MR) is 336 cm³/mol. The lowest BCUT2D eigenvalue weighted by molar-refractivity contribution is 0.0623. The molecule has 4 rings (SSSR count). The van der Waals surface area contributed by atoms with E-state index in [0.717, 1.165) is 5.56 Å². The third-order valence-corrected chi connectivity index (χ3v) is 9.33. The van der Waals surface area contributed by atoms with Crippen molar-refractivity contribution in [3.63, 3.8) is 0 Å². The molecule has 21 nitrogen and oxygen atoms in total. The first-order valence-corrected chi connectivity index (χ1v) is 27.2. The SMILES string of the molecule is CC#N.CC(C)(C)OC(=O)Nc1cc(NC(=O)OC(C)(C)C)cc(C(=O)O)c1.CC(C)(O)C#Cc1cccc(N)c1.CC(C)(O)C#Cc1cccc(NC(=O)c2cc(NC(=O)OC(C)(C)C)cc(NC(=O)OC(C)(C)C)c2)c1.CCN(CC)CC. The zero-order valence-electron chi connectivity index (χ0n) is 53.1. The zero-order valence-corrected chi connectivity index (χ0v) is 53.1. The number of ether oxygens (including phenoxy) is 4. The Hall–Kier alpha value is -8.81. The normalized spacial score (nSPS) is 10.9. The summed E-state index contributed by atoms with van der Waals surface area (Å²) in [6.45, 7) is 38.6. The Morgan fingerprint density at radius 2 is 0.788 bits per heavy atom. The summed E-state index contributed by atoms with van der Waals surface area (Å²) in [6.07, 6.45) is -2.91. The molecule has 0 saturated heterocycles. The summed E-state index contributed by atoms with van der Waals surface area (Å²) in [5.41, 5.74) is 4.03. The Morgan fingerprint density at radius 1 is 0.482 bits per heavy atom. The number of nitrogen functional groups attached to an aromatic ring is 1. The first kappa shape index (κ1) is 76.2. The number of carboxylic acids is 1. The Morgan fingerprint density at radius 3 is 1.06 bits per heavy atom. The number of carbonyl (C=O) groups is 6. The molecule has 0 bridgehead atoms. The van der Waals surface area contributed by atoms with Gasteiger partial charge in [-0.1, -0.05) is 56.6 Å². The molecule has 85 heavy (non-hydrogen) atoms. The summed E-state index contributed by atoms with van der Waals surface area (Å²) in [4.78, 5) is 75.0. The molecule has 0 saturated carbocycles. The van der Waals surface area contributed by atoms with Gasteiger partial charge in [0.15, 0.2) is 0 Å². The molecule has 4 aromatic carbocycles. The van der Waals surface area contributed by atoms with Gasteiger partial charge < -0.3 is 50.2 Å². The van der Waals surface area contributed by atoms with Crippen LogP contribution in [0.5, 0.6) is 0 Å². The number of anilines is 6. The minimum absolute atomic E-state index is 0.111. The molecular formula is C64H90N8O13. The molecule has 0 fully saturated rings. The predicted octanol–water partition coefficient (Wildman–Crippen LogP) is 13.1. The van der Waals surface area contributed by atoms with Gasteiger partial charge in [-0.3, -0.25) is 26.1 Å². The van der Waals surface area contributed by atoms with Crippen LogP contribution in [0.2, 0.25) is 0 Å². The summed E-state index contributed by atoms with van der Waals surface area (Å²) < 4.78 is 20.8. The van der Waals surface area contributed by atoms with Crippen molar-refractivity contribution >= 4 is 70.4 Å². The van der Waals surface area contributed by atoms with Crippen LogP contribution in [0.4, 0.5) is 53.3 Å². The highest BCUT2D eigenvalue weighted by atomic mass is 16.6. The van der Waals surface area contributed by atoms with Crippen LogP contribution < -0.4 is 32.3 Å². The van der Waals surface area contributed by atoms with Gasteiger partial charge in [0.25, 0.3) is 5.91 Å². The molecule has 0 radical (unpaired) electrons. The first-order chi connectivity index (χ1) is 38.9. The molecule has 0 atom stereocenters. The monoisotopic (exact) mass is 1180 g/mol. The Kier molecular flexibility index (Phi) is 31.1.